The topological polar surface area (TPSA) is 44.8 Å². The van der Waals surface area contributed by atoms with Crippen LogP contribution in [-0.2, 0) is 4.79 Å². The predicted octanol–water partition coefficient (Wildman–Crippen LogP) is 3.05. The molecule has 0 unspecified atom stereocenters. The minimum Gasteiger partial charge on any atom is -0.481 e. The monoisotopic (exact) mass is 391 g/mol. The lowest BCUT2D eigenvalue weighted by molar-refractivity contribution is -0.129. The molecule has 2 fully saturated rings. The van der Waals surface area contributed by atoms with Gasteiger partial charge in [0.2, 0.25) is 0 Å². The standard InChI is InChI=1S/C22H34FN3O2/c1-3-20(28-19-9-7-18(23)8-10-19)21(27)24-17-22(11-5-4-6-12-22)26-15-13-25(2)14-16-26/h7-10,20H,3-6,11-17H2,1-2H3,(H,24,27)/t20-/m1/s1. The molecule has 1 N–H and O–H groups in total. The third-order valence-electron chi connectivity index (χ3n) is 6.31. The van der Waals surface area contributed by atoms with E-state index in [1.165, 1.54) is 31.4 Å². The lowest BCUT2D eigenvalue weighted by Gasteiger charge is -2.49. The summed E-state index contributed by atoms with van der Waals surface area (Å²) >= 11 is 0. The van der Waals surface area contributed by atoms with E-state index < -0.39 is 6.10 Å². The van der Waals surface area contributed by atoms with Gasteiger partial charge < -0.3 is 15.0 Å². The fraction of sp³-hybridized carbons (Fsp3) is 0.682. The van der Waals surface area contributed by atoms with Crippen LogP contribution in [-0.4, -0.2) is 67.1 Å². The van der Waals surface area contributed by atoms with E-state index in [4.69, 9.17) is 4.74 Å². The van der Waals surface area contributed by atoms with Gasteiger partial charge in [0, 0.05) is 38.3 Å². The zero-order valence-electron chi connectivity index (χ0n) is 17.3. The maximum atomic E-state index is 13.1. The Labute approximate surface area is 168 Å². The minimum absolute atomic E-state index is 0.0728. The van der Waals surface area contributed by atoms with Gasteiger partial charge in [0.15, 0.2) is 6.10 Å². The van der Waals surface area contributed by atoms with Crippen LogP contribution in [0.3, 0.4) is 0 Å². The first-order chi connectivity index (χ1) is 13.5. The Bertz CT molecular complexity index is 623. The van der Waals surface area contributed by atoms with Crippen molar-refractivity contribution in [2.45, 2.75) is 57.1 Å². The van der Waals surface area contributed by atoms with Gasteiger partial charge in [0.25, 0.3) is 5.91 Å². The molecule has 0 aromatic heterocycles. The molecule has 1 aliphatic carbocycles. The summed E-state index contributed by atoms with van der Waals surface area (Å²) in [5.41, 5.74) is 0.0728. The second-order valence-electron chi connectivity index (χ2n) is 8.26. The van der Waals surface area contributed by atoms with E-state index in [9.17, 15) is 9.18 Å². The van der Waals surface area contributed by atoms with Gasteiger partial charge in [-0.25, -0.2) is 4.39 Å². The van der Waals surface area contributed by atoms with Crippen LogP contribution in [0, 0.1) is 5.82 Å². The highest BCUT2D eigenvalue weighted by Crippen LogP contribution is 2.34. The smallest absolute Gasteiger partial charge is 0.261 e. The van der Waals surface area contributed by atoms with Crippen molar-refractivity contribution in [1.29, 1.82) is 0 Å². The van der Waals surface area contributed by atoms with Crippen molar-refractivity contribution in [2.75, 3.05) is 39.8 Å². The maximum Gasteiger partial charge on any atom is 0.261 e. The summed E-state index contributed by atoms with van der Waals surface area (Å²) in [6.45, 7) is 6.91. The summed E-state index contributed by atoms with van der Waals surface area (Å²) in [5, 5.41) is 3.19. The van der Waals surface area contributed by atoms with Crippen molar-refractivity contribution in [3.63, 3.8) is 0 Å². The largest absolute Gasteiger partial charge is 0.481 e. The van der Waals surface area contributed by atoms with Gasteiger partial charge in [-0.3, -0.25) is 9.69 Å². The van der Waals surface area contributed by atoms with Crippen LogP contribution in [0.4, 0.5) is 4.39 Å². The average Bonchev–Trinajstić information content (AvgIpc) is 2.73. The van der Waals surface area contributed by atoms with E-state index in [-0.39, 0.29) is 17.3 Å². The number of piperazine rings is 1. The normalized spacial score (nSPS) is 21.8. The van der Waals surface area contributed by atoms with Crippen molar-refractivity contribution in [3.8, 4) is 5.75 Å². The van der Waals surface area contributed by atoms with Gasteiger partial charge in [-0.05, 0) is 50.6 Å². The Morgan fingerprint density at radius 3 is 2.39 bits per heavy atom. The molecule has 156 valence electrons. The van der Waals surface area contributed by atoms with Crippen molar-refractivity contribution in [2.24, 2.45) is 0 Å². The van der Waals surface area contributed by atoms with Gasteiger partial charge in [0.05, 0.1) is 0 Å². The second-order valence-corrected chi connectivity index (χ2v) is 8.26. The van der Waals surface area contributed by atoms with E-state index in [1.54, 1.807) is 12.1 Å². The Morgan fingerprint density at radius 1 is 1.14 bits per heavy atom. The summed E-state index contributed by atoms with van der Waals surface area (Å²) in [4.78, 5) is 17.8. The zero-order chi connectivity index (χ0) is 20.0. The molecule has 1 aromatic rings. The van der Waals surface area contributed by atoms with Crippen molar-refractivity contribution < 1.29 is 13.9 Å². The average molecular weight is 392 g/mol. The van der Waals surface area contributed by atoms with E-state index in [0.717, 1.165) is 39.0 Å². The minimum atomic E-state index is -0.557. The van der Waals surface area contributed by atoms with Gasteiger partial charge in [-0.1, -0.05) is 26.2 Å². The van der Waals surface area contributed by atoms with E-state index in [1.807, 2.05) is 6.92 Å². The SMILES string of the molecule is CC[C@@H](Oc1ccc(F)cc1)C(=O)NCC1(N2CCN(C)CC2)CCCCC1. The molecule has 1 atom stereocenters. The number of rotatable bonds is 7. The fourth-order valence-electron chi connectivity index (χ4n) is 4.46. The molecule has 0 bridgehead atoms. The van der Waals surface area contributed by atoms with Crippen molar-refractivity contribution in [1.82, 2.24) is 15.1 Å². The van der Waals surface area contributed by atoms with Crippen LogP contribution in [0.25, 0.3) is 0 Å². The Hall–Kier alpha value is -1.66. The van der Waals surface area contributed by atoms with E-state index in [2.05, 4.69) is 22.2 Å². The van der Waals surface area contributed by atoms with Crippen LogP contribution in [0.1, 0.15) is 45.4 Å². The molecule has 1 saturated carbocycles. The first kappa shape index (κ1) is 21.1. The number of nitrogens with zero attached hydrogens (tertiary/aromatic N) is 2. The molecule has 6 heteroatoms. The number of carbonyl (C=O) groups is 1. The highest BCUT2D eigenvalue weighted by atomic mass is 19.1. The third-order valence-corrected chi connectivity index (χ3v) is 6.31. The molecule has 1 amide bonds. The van der Waals surface area contributed by atoms with Crippen molar-refractivity contribution in [3.05, 3.63) is 30.1 Å². The van der Waals surface area contributed by atoms with Gasteiger partial charge in [-0.15, -0.1) is 0 Å². The van der Waals surface area contributed by atoms with Crippen LogP contribution < -0.4 is 10.1 Å². The summed E-state index contributed by atoms with van der Waals surface area (Å²) in [6.07, 6.45) is 6.05. The summed E-state index contributed by atoms with van der Waals surface area (Å²) in [6, 6.07) is 5.84. The number of ether oxygens (including phenoxy) is 1. The van der Waals surface area contributed by atoms with Crippen LogP contribution in [0.2, 0.25) is 0 Å². The Morgan fingerprint density at radius 2 is 1.79 bits per heavy atom. The first-order valence-electron chi connectivity index (χ1n) is 10.7. The molecule has 1 heterocycles. The molecular formula is C22H34FN3O2. The highest BCUT2D eigenvalue weighted by molar-refractivity contribution is 5.81. The number of hydrogen-bond acceptors (Lipinski definition) is 4. The number of nitrogens with one attached hydrogen (secondary N) is 1. The highest BCUT2D eigenvalue weighted by Gasteiger charge is 2.39. The molecule has 3 rings (SSSR count). The number of amides is 1. The van der Waals surface area contributed by atoms with Crippen LogP contribution in [0.5, 0.6) is 5.75 Å². The van der Waals surface area contributed by atoms with Gasteiger partial charge in [-0.2, -0.15) is 0 Å². The van der Waals surface area contributed by atoms with E-state index in [0.29, 0.717) is 18.7 Å². The molecule has 1 aliphatic heterocycles. The molecule has 28 heavy (non-hydrogen) atoms. The number of carbonyl (C=O) groups excluding carboxylic acids is 1. The fourth-order valence-corrected chi connectivity index (χ4v) is 4.46. The molecule has 0 spiro atoms. The maximum absolute atomic E-state index is 13.1. The molecule has 5 nitrogen and oxygen atoms in total. The molecular weight excluding hydrogens is 357 g/mol. The molecule has 0 radical (unpaired) electrons. The summed E-state index contributed by atoms with van der Waals surface area (Å²) in [5.74, 6) is 0.136. The predicted molar refractivity (Wildman–Crippen MR) is 109 cm³/mol. The Balaban J connectivity index is 1.61. The number of hydrogen-bond donors (Lipinski definition) is 1. The van der Waals surface area contributed by atoms with E-state index >= 15 is 0 Å². The van der Waals surface area contributed by atoms with Crippen LogP contribution in [0.15, 0.2) is 24.3 Å². The lowest BCUT2D eigenvalue weighted by Crippen LogP contribution is -2.62. The number of benzene rings is 1. The zero-order valence-corrected chi connectivity index (χ0v) is 17.3. The van der Waals surface area contributed by atoms with Gasteiger partial charge >= 0.3 is 0 Å². The second kappa shape index (κ2) is 9.70. The van der Waals surface area contributed by atoms with Crippen molar-refractivity contribution >= 4 is 5.91 Å². The summed E-state index contributed by atoms with van der Waals surface area (Å²) < 4.78 is 18.9. The summed E-state index contributed by atoms with van der Waals surface area (Å²) in [7, 11) is 2.17. The quantitative estimate of drug-likeness (QED) is 0.776. The molecule has 1 saturated heterocycles. The third kappa shape index (κ3) is 5.23. The number of halogens is 1. The number of likely N-dealkylation sites (N-methyl/N-ethyl adjacent to an activating group) is 1. The lowest BCUT2D eigenvalue weighted by atomic mass is 9.79. The van der Waals surface area contributed by atoms with Gasteiger partial charge in [0.1, 0.15) is 11.6 Å². The first-order valence-corrected chi connectivity index (χ1v) is 10.7. The Kier molecular flexibility index (Phi) is 7.30. The molecule has 2 aliphatic rings. The molecule has 1 aromatic carbocycles. The van der Waals surface area contributed by atoms with Crippen LogP contribution >= 0.6 is 0 Å².